The summed E-state index contributed by atoms with van der Waals surface area (Å²) in [5.74, 6) is -2.03. The Morgan fingerprint density at radius 2 is 1.75 bits per heavy atom. The third-order valence-electron chi connectivity index (χ3n) is 4.11. The van der Waals surface area contributed by atoms with Crippen molar-refractivity contribution >= 4 is 17.9 Å². The van der Waals surface area contributed by atoms with Crippen LogP contribution in [0.25, 0.3) is 0 Å². The van der Waals surface area contributed by atoms with Gasteiger partial charge in [0.25, 0.3) is 0 Å². The highest BCUT2D eigenvalue weighted by Crippen LogP contribution is 2.32. The fraction of sp³-hybridized carbons (Fsp3) is 0.706. The summed E-state index contributed by atoms with van der Waals surface area (Å²) in [4.78, 5) is 34.4. The van der Waals surface area contributed by atoms with E-state index in [1.807, 2.05) is 0 Å². The second-order valence-electron chi connectivity index (χ2n) is 6.55. The molecule has 0 aromatic carbocycles. The normalized spacial score (nSPS) is 27.1. The number of carbonyl (C=O) groups is 3. The van der Waals surface area contributed by atoms with Crippen LogP contribution in [0.15, 0.2) is 6.20 Å². The van der Waals surface area contributed by atoms with Gasteiger partial charge in [-0.3, -0.25) is 19.1 Å². The highest BCUT2D eigenvalue weighted by Gasteiger charge is 2.48. The molecular formula is C17H25N3O8. The topological polar surface area (TPSA) is 128 Å². The molecule has 2 heterocycles. The summed E-state index contributed by atoms with van der Waals surface area (Å²) in [7, 11) is 1.71. The largest absolute Gasteiger partial charge is 0.463 e. The Kier molecular flexibility index (Phi) is 7.46. The van der Waals surface area contributed by atoms with E-state index in [0.717, 1.165) is 0 Å². The molecule has 0 spiro atoms. The van der Waals surface area contributed by atoms with Crippen molar-refractivity contribution in [3.05, 3.63) is 11.9 Å². The van der Waals surface area contributed by atoms with Gasteiger partial charge in [0.1, 0.15) is 24.5 Å². The van der Waals surface area contributed by atoms with E-state index in [1.54, 1.807) is 20.2 Å². The molecule has 1 aliphatic heterocycles. The molecule has 0 bridgehead atoms. The number of ether oxygens (including phenoxy) is 5. The maximum Gasteiger partial charge on any atom is 0.303 e. The molecule has 1 fully saturated rings. The van der Waals surface area contributed by atoms with Crippen LogP contribution < -0.4 is 0 Å². The minimum atomic E-state index is -1.06. The first-order valence-electron chi connectivity index (χ1n) is 8.77. The van der Waals surface area contributed by atoms with Gasteiger partial charge in [0.2, 0.25) is 0 Å². The number of aryl methyl sites for hydroxylation is 1. The first-order chi connectivity index (χ1) is 13.2. The van der Waals surface area contributed by atoms with Gasteiger partial charge >= 0.3 is 17.9 Å². The van der Waals surface area contributed by atoms with E-state index in [2.05, 4.69) is 10.3 Å². The van der Waals surface area contributed by atoms with Crippen LogP contribution in [0.5, 0.6) is 0 Å². The molecule has 2 rings (SSSR count). The lowest BCUT2D eigenvalue weighted by molar-refractivity contribution is -0.297. The van der Waals surface area contributed by atoms with E-state index in [-0.39, 0.29) is 13.2 Å². The van der Waals surface area contributed by atoms with Crippen LogP contribution in [0.2, 0.25) is 0 Å². The number of nitrogens with zero attached hydrogens (tertiary/aromatic N) is 3. The van der Waals surface area contributed by atoms with Gasteiger partial charge in [-0.1, -0.05) is 12.1 Å². The molecule has 0 N–H and O–H groups in total. The molecule has 11 heteroatoms. The first kappa shape index (κ1) is 21.8. The number of aromatic nitrogens is 3. The third-order valence-corrected chi connectivity index (χ3v) is 4.11. The minimum Gasteiger partial charge on any atom is -0.463 e. The fourth-order valence-electron chi connectivity index (χ4n) is 2.87. The SMILES string of the molecule is CC(=O)OCC1O[C@@H](OCc2cn(C)nn2)[C@@H](OC(C)=O)C(OC(C)=O)[C@H]1C. The average Bonchev–Trinajstić information content (AvgIpc) is 3.01. The number of hydrogen-bond acceptors (Lipinski definition) is 10. The van der Waals surface area contributed by atoms with Gasteiger partial charge in [-0.25, -0.2) is 0 Å². The number of carbonyl (C=O) groups excluding carboxylic acids is 3. The third kappa shape index (κ3) is 5.99. The average molecular weight is 399 g/mol. The van der Waals surface area contributed by atoms with Gasteiger partial charge in [0.15, 0.2) is 12.4 Å². The summed E-state index contributed by atoms with van der Waals surface area (Å²) in [5.41, 5.74) is 0.534. The summed E-state index contributed by atoms with van der Waals surface area (Å²) in [5, 5.41) is 7.73. The molecule has 1 aromatic heterocycles. The summed E-state index contributed by atoms with van der Waals surface area (Å²) < 4.78 is 28.9. The van der Waals surface area contributed by atoms with Gasteiger partial charge < -0.3 is 23.7 Å². The molecule has 156 valence electrons. The summed E-state index contributed by atoms with van der Waals surface area (Å²) in [6, 6.07) is 0. The lowest BCUT2D eigenvalue weighted by Gasteiger charge is -2.43. The predicted molar refractivity (Wildman–Crippen MR) is 91.4 cm³/mol. The zero-order valence-electron chi connectivity index (χ0n) is 16.5. The lowest BCUT2D eigenvalue weighted by Crippen LogP contribution is -2.58. The van der Waals surface area contributed by atoms with Gasteiger partial charge in [-0.05, 0) is 0 Å². The van der Waals surface area contributed by atoms with Crippen LogP contribution in [-0.4, -0.2) is 64.1 Å². The molecule has 0 amide bonds. The van der Waals surface area contributed by atoms with E-state index in [9.17, 15) is 14.4 Å². The Morgan fingerprint density at radius 3 is 2.29 bits per heavy atom. The van der Waals surface area contributed by atoms with Crippen molar-refractivity contribution in [2.45, 2.75) is 58.9 Å². The van der Waals surface area contributed by atoms with Crippen molar-refractivity contribution in [2.75, 3.05) is 6.61 Å². The molecule has 1 aromatic rings. The Hall–Kier alpha value is -2.53. The molecule has 0 saturated carbocycles. The molecular weight excluding hydrogens is 374 g/mol. The molecule has 0 aliphatic carbocycles. The van der Waals surface area contributed by atoms with E-state index in [0.29, 0.717) is 5.69 Å². The monoisotopic (exact) mass is 399 g/mol. The van der Waals surface area contributed by atoms with Crippen molar-refractivity contribution in [1.29, 1.82) is 0 Å². The van der Waals surface area contributed by atoms with Crippen LogP contribution in [0.3, 0.4) is 0 Å². The smallest absolute Gasteiger partial charge is 0.303 e. The van der Waals surface area contributed by atoms with Crippen LogP contribution in [0, 0.1) is 5.92 Å². The van der Waals surface area contributed by atoms with Crippen molar-refractivity contribution in [1.82, 2.24) is 15.0 Å². The fourth-order valence-corrected chi connectivity index (χ4v) is 2.87. The molecule has 1 aliphatic rings. The minimum absolute atomic E-state index is 0.0255. The highest BCUT2D eigenvalue weighted by molar-refractivity contribution is 5.67. The Balaban J connectivity index is 2.21. The second-order valence-corrected chi connectivity index (χ2v) is 6.55. The first-order valence-corrected chi connectivity index (χ1v) is 8.77. The second kappa shape index (κ2) is 9.60. The maximum absolute atomic E-state index is 11.6. The maximum atomic E-state index is 11.6. The highest BCUT2D eigenvalue weighted by atomic mass is 16.7. The van der Waals surface area contributed by atoms with E-state index >= 15 is 0 Å². The van der Waals surface area contributed by atoms with Gasteiger partial charge in [0.05, 0.1) is 12.8 Å². The summed E-state index contributed by atoms with van der Waals surface area (Å²) >= 11 is 0. The lowest BCUT2D eigenvalue weighted by atomic mass is 9.90. The van der Waals surface area contributed by atoms with Gasteiger partial charge in [0, 0.05) is 33.7 Å². The van der Waals surface area contributed by atoms with E-state index in [4.69, 9.17) is 23.7 Å². The molecule has 28 heavy (non-hydrogen) atoms. The molecule has 1 saturated heterocycles. The van der Waals surface area contributed by atoms with Gasteiger partial charge in [-0.2, -0.15) is 0 Å². The summed E-state index contributed by atoms with van der Waals surface area (Å²) in [6.07, 6.45) is -1.88. The molecule has 5 atom stereocenters. The zero-order chi connectivity index (χ0) is 20.8. The Labute approximate surface area is 162 Å². The standard InChI is InChI=1S/C17H25N3O8/c1-9-14(8-24-10(2)21)28-17(25-7-13-6-20(5)19-18-13)16(27-12(4)23)15(9)26-11(3)22/h6,9,14-17H,7-8H2,1-5H3/t9-,14?,15?,16-,17+/m0/s1. The van der Waals surface area contributed by atoms with Crippen LogP contribution in [-0.2, 0) is 51.7 Å². The van der Waals surface area contributed by atoms with Crippen LogP contribution >= 0.6 is 0 Å². The molecule has 2 unspecified atom stereocenters. The number of esters is 3. The molecule has 0 radical (unpaired) electrons. The van der Waals surface area contributed by atoms with Crippen LogP contribution in [0.4, 0.5) is 0 Å². The van der Waals surface area contributed by atoms with Crippen molar-refractivity contribution < 1.29 is 38.1 Å². The van der Waals surface area contributed by atoms with Crippen molar-refractivity contribution in [2.24, 2.45) is 13.0 Å². The van der Waals surface area contributed by atoms with Crippen molar-refractivity contribution in [3.63, 3.8) is 0 Å². The Bertz CT molecular complexity index is 706. The number of rotatable bonds is 7. The van der Waals surface area contributed by atoms with E-state index in [1.165, 1.54) is 25.5 Å². The van der Waals surface area contributed by atoms with Crippen LogP contribution in [0.1, 0.15) is 33.4 Å². The number of hydrogen-bond donors (Lipinski definition) is 0. The zero-order valence-corrected chi connectivity index (χ0v) is 16.5. The van der Waals surface area contributed by atoms with Crippen molar-refractivity contribution in [3.8, 4) is 0 Å². The van der Waals surface area contributed by atoms with E-state index < -0.39 is 48.4 Å². The predicted octanol–water partition coefficient (Wildman–Crippen LogP) is 0.119. The molecule has 11 nitrogen and oxygen atoms in total. The van der Waals surface area contributed by atoms with Gasteiger partial charge in [-0.15, -0.1) is 5.10 Å². The Morgan fingerprint density at radius 1 is 1.11 bits per heavy atom. The summed E-state index contributed by atoms with van der Waals surface area (Å²) in [6.45, 7) is 5.48. The quantitative estimate of drug-likeness (QED) is 0.460.